The summed E-state index contributed by atoms with van der Waals surface area (Å²) in [5.74, 6) is -0.0103. The van der Waals surface area contributed by atoms with Gasteiger partial charge in [0.2, 0.25) is 21.8 Å². The van der Waals surface area contributed by atoms with Crippen LogP contribution in [0.15, 0.2) is 42.5 Å². The van der Waals surface area contributed by atoms with Gasteiger partial charge in [-0.15, -0.1) is 0 Å². The van der Waals surface area contributed by atoms with Crippen molar-refractivity contribution in [2.24, 2.45) is 0 Å². The summed E-state index contributed by atoms with van der Waals surface area (Å²) < 4.78 is 32.0. The van der Waals surface area contributed by atoms with Crippen LogP contribution in [0.1, 0.15) is 55.7 Å². The largest absolute Gasteiger partial charge is 0.497 e. The van der Waals surface area contributed by atoms with Crippen molar-refractivity contribution >= 4 is 27.5 Å². The van der Waals surface area contributed by atoms with Gasteiger partial charge in [-0.1, -0.05) is 38.0 Å². The maximum absolute atomic E-state index is 13.8. The normalized spacial score (nSPS) is 14.7. The number of carbonyl (C=O) groups is 2. The Labute approximate surface area is 221 Å². The van der Waals surface area contributed by atoms with E-state index in [4.69, 9.17) is 4.74 Å². The standard InChI is InChI=1S/C28H39N3O5S/c1-6-26(28(33)29-23-11-7-8-12-23)30(18-22-10-9-13-25(17-22)36-4)27(32)19-31(37(5,34)35)24-15-14-20(2)21(3)16-24/h9-10,13-17,23,26H,6-8,11-12,18-19H2,1-5H3,(H,29,33)/t26-/m1/s1. The summed E-state index contributed by atoms with van der Waals surface area (Å²) in [5, 5.41) is 3.11. The lowest BCUT2D eigenvalue weighted by Gasteiger charge is -2.33. The average Bonchev–Trinajstić information content (AvgIpc) is 3.36. The zero-order chi connectivity index (χ0) is 27.2. The number of benzene rings is 2. The Morgan fingerprint density at radius 1 is 1.08 bits per heavy atom. The minimum atomic E-state index is -3.77. The van der Waals surface area contributed by atoms with Crippen LogP contribution in [0.25, 0.3) is 0 Å². The number of nitrogens with zero attached hydrogens (tertiary/aromatic N) is 2. The third kappa shape index (κ3) is 7.47. The van der Waals surface area contributed by atoms with E-state index in [1.807, 2.05) is 51.1 Å². The van der Waals surface area contributed by atoms with E-state index in [9.17, 15) is 18.0 Å². The van der Waals surface area contributed by atoms with Gasteiger partial charge in [-0.2, -0.15) is 0 Å². The SMILES string of the molecule is CC[C@H](C(=O)NC1CCCC1)N(Cc1cccc(OC)c1)C(=O)CN(c1ccc(C)c(C)c1)S(C)(=O)=O. The van der Waals surface area contributed by atoms with Crippen LogP contribution in [0, 0.1) is 13.8 Å². The topological polar surface area (TPSA) is 96.0 Å². The Morgan fingerprint density at radius 2 is 1.78 bits per heavy atom. The van der Waals surface area contributed by atoms with E-state index in [-0.39, 0.29) is 18.5 Å². The highest BCUT2D eigenvalue weighted by atomic mass is 32.2. The molecule has 8 nitrogen and oxygen atoms in total. The number of carbonyl (C=O) groups excluding carboxylic acids is 2. The van der Waals surface area contributed by atoms with Gasteiger partial charge in [0.1, 0.15) is 18.3 Å². The number of rotatable bonds is 11. The molecule has 0 saturated heterocycles. The van der Waals surface area contributed by atoms with Gasteiger partial charge in [0, 0.05) is 12.6 Å². The van der Waals surface area contributed by atoms with Crippen molar-refractivity contribution in [2.45, 2.75) is 71.5 Å². The number of ether oxygens (including phenoxy) is 1. The molecule has 1 fully saturated rings. The zero-order valence-corrected chi connectivity index (χ0v) is 23.3. The summed E-state index contributed by atoms with van der Waals surface area (Å²) in [4.78, 5) is 28.7. The summed E-state index contributed by atoms with van der Waals surface area (Å²) in [6.45, 7) is 5.45. The van der Waals surface area contributed by atoms with Gasteiger partial charge in [-0.25, -0.2) is 8.42 Å². The molecule has 9 heteroatoms. The number of aryl methyl sites for hydroxylation is 2. The van der Waals surface area contributed by atoms with Gasteiger partial charge >= 0.3 is 0 Å². The van der Waals surface area contributed by atoms with E-state index in [1.165, 1.54) is 4.90 Å². The number of sulfonamides is 1. The molecule has 0 aliphatic heterocycles. The average molecular weight is 530 g/mol. The fourth-order valence-electron chi connectivity index (χ4n) is 4.75. The molecule has 2 aromatic carbocycles. The van der Waals surface area contributed by atoms with Crippen molar-refractivity contribution in [1.82, 2.24) is 10.2 Å². The molecule has 0 radical (unpaired) electrons. The molecule has 37 heavy (non-hydrogen) atoms. The van der Waals surface area contributed by atoms with Crippen molar-refractivity contribution in [3.8, 4) is 5.75 Å². The maximum atomic E-state index is 13.8. The minimum Gasteiger partial charge on any atom is -0.497 e. The molecule has 2 aromatic rings. The summed E-state index contributed by atoms with van der Waals surface area (Å²) in [5.41, 5.74) is 3.16. The number of methoxy groups -OCH3 is 1. The first-order valence-corrected chi connectivity index (χ1v) is 14.7. The molecule has 2 amide bonds. The Morgan fingerprint density at radius 3 is 2.38 bits per heavy atom. The molecule has 1 atom stereocenters. The fraction of sp³-hybridized carbons (Fsp3) is 0.500. The van der Waals surface area contributed by atoms with E-state index < -0.39 is 28.5 Å². The molecule has 202 valence electrons. The molecular formula is C28H39N3O5S. The number of nitrogens with one attached hydrogen (secondary N) is 1. The van der Waals surface area contributed by atoms with Crippen LogP contribution in [0.3, 0.4) is 0 Å². The van der Waals surface area contributed by atoms with Crippen molar-refractivity contribution in [3.63, 3.8) is 0 Å². The highest BCUT2D eigenvalue weighted by molar-refractivity contribution is 7.92. The Balaban J connectivity index is 1.94. The molecule has 0 bridgehead atoms. The molecule has 0 heterocycles. The van der Waals surface area contributed by atoms with Gasteiger partial charge in [0.05, 0.1) is 19.1 Å². The predicted molar refractivity (Wildman–Crippen MR) is 146 cm³/mol. The minimum absolute atomic E-state index is 0.110. The summed E-state index contributed by atoms with van der Waals surface area (Å²) in [6.07, 6.45) is 5.50. The van der Waals surface area contributed by atoms with Crippen molar-refractivity contribution < 1.29 is 22.7 Å². The molecule has 3 rings (SSSR count). The highest BCUT2D eigenvalue weighted by Gasteiger charge is 2.33. The first-order chi connectivity index (χ1) is 17.5. The molecule has 1 aliphatic rings. The quantitative estimate of drug-likeness (QED) is 0.476. The molecular weight excluding hydrogens is 490 g/mol. The smallest absolute Gasteiger partial charge is 0.244 e. The number of hydrogen-bond donors (Lipinski definition) is 1. The second-order valence-corrected chi connectivity index (χ2v) is 11.7. The second-order valence-electron chi connectivity index (χ2n) is 9.83. The van der Waals surface area contributed by atoms with Gasteiger partial charge in [-0.3, -0.25) is 13.9 Å². The van der Waals surface area contributed by atoms with Crippen LogP contribution < -0.4 is 14.4 Å². The predicted octanol–water partition coefficient (Wildman–Crippen LogP) is 3.94. The Bertz CT molecular complexity index is 1210. The van der Waals surface area contributed by atoms with Crippen molar-refractivity contribution in [2.75, 3.05) is 24.2 Å². The van der Waals surface area contributed by atoms with E-state index in [0.717, 1.165) is 52.9 Å². The molecule has 0 spiro atoms. The van der Waals surface area contributed by atoms with Crippen molar-refractivity contribution in [3.05, 3.63) is 59.2 Å². The molecule has 1 N–H and O–H groups in total. The first kappa shape index (κ1) is 28.5. The molecule has 0 unspecified atom stereocenters. The lowest BCUT2D eigenvalue weighted by molar-refractivity contribution is -0.140. The Kier molecular flexibility index (Phi) is 9.59. The molecule has 1 aliphatic carbocycles. The lowest BCUT2D eigenvalue weighted by atomic mass is 10.1. The van der Waals surface area contributed by atoms with Crippen LogP contribution in [0.5, 0.6) is 5.75 Å². The third-order valence-corrected chi connectivity index (χ3v) is 8.17. The van der Waals surface area contributed by atoms with Crippen LogP contribution in [0.2, 0.25) is 0 Å². The van der Waals surface area contributed by atoms with Gasteiger partial charge in [0.25, 0.3) is 0 Å². The van der Waals surface area contributed by atoms with Crippen LogP contribution >= 0.6 is 0 Å². The third-order valence-electron chi connectivity index (χ3n) is 7.03. The number of hydrogen-bond acceptors (Lipinski definition) is 5. The zero-order valence-electron chi connectivity index (χ0n) is 22.5. The fourth-order valence-corrected chi connectivity index (χ4v) is 5.59. The van der Waals surface area contributed by atoms with Gasteiger partial charge < -0.3 is 15.0 Å². The van der Waals surface area contributed by atoms with Crippen LogP contribution in [-0.2, 0) is 26.2 Å². The number of anilines is 1. The monoisotopic (exact) mass is 529 g/mol. The molecule has 0 aromatic heterocycles. The first-order valence-electron chi connectivity index (χ1n) is 12.8. The molecule has 1 saturated carbocycles. The second kappa shape index (κ2) is 12.4. The van der Waals surface area contributed by atoms with E-state index >= 15 is 0 Å². The highest BCUT2D eigenvalue weighted by Crippen LogP contribution is 2.24. The summed E-state index contributed by atoms with van der Waals surface area (Å²) in [6, 6.07) is 12.0. The van der Waals surface area contributed by atoms with Crippen LogP contribution in [0.4, 0.5) is 5.69 Å². The summed E-state index contributed by atoms with van der Waals surface area (Å²) in [7, 11) is -2.20. The van der Waals surface area contributed by atoms with Crippen molar-refractivity contribution in [1.29, 1.82) is 0 Å². The summed E-state index contributed by atoms with van der Waals surface area (Å²) >= 11 is 0. The maximum Gasteiger partial charge on any atom is 0.244 e. The Hall–Kier alpha value is -3.07. The van der Waals surface area contributed by atoms with E-state index in [2.05, 4.69) is 5.32 Å². The van der Waals surface area contributed by atoms with Gasteiger partial charge in [-0.05, 0) is 74.1 Å². The van der Waals surface area contributed by atoms with Gasteiger partial charge in [0.15, 0.2) is 0 Å². The lowest BCUT2D eigenvalue weighted by Crippen LogP contribution is -2.53. The van der Waals surface area contributed by atoms with E-state index in [0.29, 0.717) is 17.9 Å². The van der Waals surface area contributed by atoms with Crippen LogP contribution in [-0.4, -0.2) is 57.1 Å². The number of amides is 2. The van der Waals surface area contributed by atoms with E-state index in [1.54, 1.807) is 19.2 Å².